The molecule has 1 aromatic rings. The lowest BCUT2D eigenvalue weighted by atomic mass is 10.0. The van der Waals surface area contributed by atoms with Crippen LogP contribution in [0.3, 0.4) is 0 Å². The number of hydrogen-bond donors (Lipinski definition) is 1. The van der Waals surface area contributed by atoms with E-state index in [1.807, 2.05) is 13.8 Å². The van der Waals surface area contributed by atoms with E-state index in [1.54, 1.807) is 24.0 Å². The van der Waals surface area contributed by atoms with Crippen LogP contribution in [0.2, 0.25) is 0 Å². The third-order valence-corrected chi connectivity index (χ3v) is 3.20. The molecule has 1 amide bonds. The molecule has 0 saturated heterocycles. The number of esters is 1. The van der Waals surface area contributed by atoms with Gasteiger partial charge in [-0.05, 0) is 38.5 Å². The Balaban J connectivity index is 2.54. The standard InChI is InChI=1S/C15H21NO4/c1-4-16(5-2)14(18)10-20-15(19)11(3)12-6-8-13(17)9-7-12/h6-9,11,17H,4-5,10H2,1-3H3/t11-/m0/s1. The number of phenols is 1. The number of nitrogens with zero attached hydrogens (tertiary/aromatic N) is 1. The highest BCUT2D eigenvalue weighted by Crippen LogP contribution is 2.19. The zero-order chi connectivity index (χ0) is 15.1. The first-order valence-electron chi connectivity index (χ1n) is 6.72. The van der Waals surface area contributed by atoms with Gasteiger partial charge in [0.1, 0.15) is 5.75 Å². The third kappa shape index (κ3) is 4.26. The van der Waals surface area contributed by atoms with E-state index in [0.717, 1.165) is 5.56 Å². The van der Waals surface area contributed by atoms with Crippen molar-refractivity contribution in [1.29, 1.82) is 0 Å². The van der Waals surface area contributed by atoms with Gasteiger partial charge < -0.3 is 14.7 Å². The van der Waals surface area contributed by atoms with Gasteiger partial charge in [0.15, 0.2) is 6.61 Å². The number of benzene rings is 1. The van der Waals surface area contributed by atoms with Crippen LogP contribution in [-0.4, -0.2) is 41.6 Å². The normalized spacial score (nSPS) is 11.8. The Bertz CT molecular complexity index is 451. The van der Waals surface area contributed by atoms with Gasteiger partial charge in [0.05, 0.1) is 5.92 Å². The SMILES string of the molecule is CCN(CC)C(=O)COC(=O)[C@@H](C)c1ccc(O)cc1. The molecule has 0 radical (unpaired) electrons. The molecule has 5 nitrogen and oxygen atoms in total. The lowest BCUT2D eigenvalue weighted by molar-refractivity contribution is -0.152. The smallest absolute Gasteiger partial charge is 0.313 e. The fourth-order valence-electron chi connectivity index (χ4n) is 1.82. The number of likely N-dealkylation sites (N-methyl/N-ethyl adjacent to an activating group) is 1. The summed E-state index contributed by atoms with van der Waals surface area (Å²) in [6.07, 6.45) is 0. The van der Waals surface area contributed by atoms with E-state index in [4.69, 9.17) is 4.74 Å². The summed E-state index contributed by atoms with van der Waals surface area (Å²) in [6.45, 7) is 6.42. The summed E-state index contributed by atoms with van der Waals surface area (Å²) in [7, 11) is 0. The van der Waals surface area contributed by atoms with Crippen LogP contribution in [0.25, 0.3) is 0 Å². The molecule has 20 heavy (non-hydrogen) atoms. The first kappa shape index (κ1) is 16.0. The van der Waals surface area contributed by atoms with Crippen molar-refractivity contribution in [2.75, 3.05) is 19.7 Å². The van der Waals surface area contributed by atoms with Crippen molar-refractivity contribution >= 4 is 11.9 Å². The maximum absolute atomic E-state index is 11.9. The molecule has 1 rings (SSSR count). The molecule has 0 aromatic heterocycles. The van der Waals surface area contributed by atoms with Crippen LogP contribution in [0.15, 0.2) is 24.3 Å². The largest absolute Gasteiger partial charge is 0.508 e. The van der Waals surface area contributed by atoms with Crippen LogP contribution in [0.1, 0.15) is 32.3 Å². The van der Waals surface area contributed by atoms with E-state index in [1.165, 1.54) is 12.1 Å². The van der Waals surface area contributed by atoms with Gasteiger partial charge in [-0.25, -0.2) is 0 Å². The topological polar surface area (TPSA) is 66.8 Å². The Hall–Kier alpha value is -2.04. The maximum Gasteiger partial charge on any atom is 0.313 e. The van der Waals surface area contributed by atoms with E-state index >= 15 is 0 Å². The van der Waals surface area contributed by atoms with Crippen LogP contribution in [-0.2, 0) is 14.3 Å². The number of ether oxygens (including phenoxy) is 1. The molecule has 0 aliphatic carbocycles. The van der Waals surface area contributed by atoms with Crippen molar-refractivity contribution in [2.45, 2.75) is 26.7 Å². The van der Waals surface area contributed by atoms with Crippen LogP contribution in [0, 0.1) is 0 Å². The number of carbonyl (C=O) groups excluding carboxylic acids is 2. The fraction of sp³-hybridized carbons (Fsp3) is 0.467. The van der Waals surface area contributed by atoms with E-state index in [-0.39, 0.29) is 18.3 Å². The number of hydrogen-bond acceptors (Lipinski definition) is 4. The maximum atomic E-state index is 11.9. The van der Waals surface area contributed by atoms with Gasteiger partial charge in [0.2, 0.25) is 0 Å². The molecule has 0 spiro atoms. The summed E-state index contributed by atoms with van der Waals surface area (Å²) in [4.78, 5) is 25.2. The first-order valence-corrected chi connectivity index (χ1v) is 6.72. The Morgan fingerprint density at radius 3 is 2.25 bits per heavy atom. The number of phenolic OH excluding ortho intramolecular Hbond substituents is 1. The van der Waals surface area contributed by atoms with E-state index < -0.39 is 11.9 Å². The van der Waals surface area contributed by atoms with Gasteiger partial charge in [-0.1, -0.05) is 12.1 Å². The second kappa shape index (κ2) is 7.53. The van der Waals surface area contributed by atoms with Gasteiger partial charge in [-0.3, -0.25) is 9.59 Å². The van der Waals surface area contributed by atoms with Crippen molar-refractivity contribution in [1.82, 2.24) is 4.90 Å². The van der Waals surface area contributed by atoms with Gasteiger partial charge in [-0.2, -0.15) is 0 Å². The molecular formula is C15H21NO4. The molecule has 0 saturated carbocycles. The molecule has 5 heteroatoms. The van der Waals surface area contributed by atoms with Crippen molar-refractivity contribution in [3.05, 3.63) is 29.8 Å². The number of rotatable bonds is 6. The highest BCUT2D eigenvalue weighted by molar-refractivity contribution is 5.83. The lowest BCUT2D eigenvalue weighted by Gasteiger charge is -2.19. The quantitative estimate of drug-likeness (QED) is 0.808. The summed E-state index contributed by atoms with van der Waals surface area (Å²) in [5.41, 5.74) is 0.739. The van der Waals surface area contributed by atoms with E-state index in [9.17, 15) is 14.7 Å². The van der Waals surface area contributed by atoms with E-state index in [0.29, 0.717) is 13.1 Å². The first-order chi connectivity index (χ1) is 9.49. The molecule has 1 N–H and O–H groups in total. The summed E-state index contributed by atoms with van der Waals surface area (Å²) in [6, 6.07) is 6.35. The third-order valence-electron chi connectivity index (χ3n) is 3.20. The molecule has 0 heterocycles. The molecule has 0 fully saturated rings. The Labute approximate surface area is 119 Å². The lowest BCUT2D eigenvalue weighted by Crippen LogP contribution is -2.34. The highest BCUT2D eigenvalue weighted by Gasteiger charge is 2.19. The molecule has 110 valence electrons. The Morgan fingerprint density at radius 1 is 1.20 bits per heavy atom. The fourth-order valence-corrected chi connectivity index (χ4v) is 1.82. The summed E-state index contributed by atoms with van der Waals surface area (Å²) >= 11 is 0. The van der Waals surface area contributed by atoms with Crippen molar-refractivity contribution < 1.29 is 19.4 Å². The van der Waals surface area contributed by atoms with Crippen molar-refractivity contribution in [2.24, 2.45) is 0 Å². The Kier molecular flexibility index (Phi) is 6.03. The predicted octanol–water partition coefficient (Wildman–Crippen LogP) is 1.91. The minimum Gasteiger partial charge on any atom is -0.508 e. The predicted molar refractivity (Wildman–Crippen MR) is 75.4 cm³/mol. The number of aromatic hydroxyl groups is 1. The van der Waals surface area contributed by atoms with Crippen LogP contribution >= 0.6 is 0 Å². The second-order valence-corrected chi connectivity index (χ2v) is 4.49. The monoisotopic (exact) mass is 279 g/mol. The molecule has 0 aliphatic heterocycles. The highest BCUT2D eigenvalue weighted by atomic mass is 16.5. The summed E-state index contributed by atoms with van der Waals surface area (Å²) < 4.78 is 5.04. The van der Waals surface area contributed by atoms with Crippen LogP contribution in [0.4, 0.5) is 0 Å². The average molecular weight is 279 g/mol. The number of carbonyl (C=O) groups is 2. The molecular weight excluding hydrogens is 258 g/mol. The van der Waals surface area contributed by atoms with Gasteiger partial charge in [-0.15, -0.1) is 0 Å². The molecule has 0 aliphatic rings. The minimum absolute atomic E-state index is 0.144. The van der Waals surface area contributed by atoms with Gasteiger partial charge >= 0.3 is 5.97 Å². The second-order valence-electron chi connectivity index (χ2n) is 4.49. The van der Waals surface area contributed by atoms with Crippen molar-refractivity contribution in [3.63, 3.8) is 0 Å². The van der Waals surface area contributed by atoms with E-state index in [2.05, 4.69) is 0 Å². The molecule has 1 atom stereocenters. The molecule has 0 unspecified atom stereocenters. The zero-order valence-corrected chi connectivity index (χ0v) is 12.1. The van der Waals surface area contributed by atoms with Crippen LogP contribution in [0.5, 0.6) is 5.75 Å². The molecule has 0 bridgehead atoms. The number of amides is 1. The molecule has 1 aromatic carbocycles. The summed E-state index contributed by atoms with van der Waals surface area (Å²) in [5.74, 6) is -0.969. The summed E-state index contributed by atoms with van der Waals surface area (Å²) in [5, 5.41) is 9.20. The zero-order valence-electron chi connectivity index (χ0n) is 12.1. The minimum atomic E-state index is -0.472. The van der Waals surface area contributed by atoms with Gasteiger partial charge in [0.25, 0.3) is 5.91 Å². The van der Waals surface area contributed by atoms with Gasteiger partial charge in [0, 0.05) is 13.1 Å². The average Bonchev–Trinajstić information content (AvgIpc) is 2.46. The van der Waals surface area contributed by atoms with Crippen molar-refractivity contribution in [3.8, 4) is 5.75 Å². The Morgan fingerprint density at radius 2 is 1.75 bits per heavy atom. The van der Waals surface area contributed by atoms with Crippen LogP contribution < -0.4 is 0 Å².